The van der Waals surface area contributed by atoms with Gasteiger partial charge in [0.15, 0.2) is 59.6 Å². The maximum absolute atomic E-state index is 13.8. The van der Waals surface area contributed by atoms with Crippen molar-refractivity contribution in [2.45, 2.75) is 92.9 Å². The number of nitrogens with zero attached hydrogens (tertiary/aromatic N) is 4. The van der Waals surface area contributed by atoms with Crippen LogP contribution in [0.1, 0.15) is 135 Å². The molecule has 11 nitrogen and oxygen atoms in total. The van der Waals surface area contributed by atoms with Gasteiger partial charge in [-0.25, -0.2) is 35.1 Å². The zero-order chi connectivity index (χ0) is 67.4. The van der Waals surface area contributed by atoms with Crippen LogP contribution in [0.3, 0.4) is 0 Å². The third-order valence-corrected chi connectivity index (χ3v) is 15.6. The van der Waals surface area contributed by atoms with Gasteiger partial charge in [-0.3, -0.25) is 0 Å². The number of hydrogen-bond donors (Lipinski definition) is 0. The van der Waals surface area contributed by atoms with Crippen LogP contribution in [-0.4, -0.2) is 98.3 Å². The molecule has 4 heterocycles. The normalized spacial score (nSPS) is 14.8. The van der Waals surface area contributed by atoms with Crippen molar-refractivity contribution in [3.05, 3.63) is 218 Å². The summed E-state index contributed by atoms with van der Waals surface area (Å²) < 4.78 is 147. The number of aryl methyl sites for hydroxylation is 2. The molecule has 0 radical (unpaired) electrons. The first-order valence-electron chi connectivity index (χ1n) is 30.3. The predicted molar refractivity (Wildman–Crippen MR) is 346 cm³/mol. The lowest BCUT2D eigenvalue weighted by Crippen LogP contribution is -2.13. The van der Waals surface area contributed by atoms with Crippen molar-refractivity contribution in [1.29, 1.82) is 0 Å². The van der Waals surface area contributed by atoms with Gasteiger partial charge in [0.1, 0.15) is 11.4 Å². The largest absolute Gasteiger partial charge is 0.493 e. The van der Waals surface area contributed by atoms with Crippen LogP contribution < -0.4 is 33.2 Å². The number of benzene rings is 8. The number of ether oxygens (including phenoxy) is 7. The second-order valence-corrected chi connectivity index (χ2v) is 23.3. The second kappa shape index (κ2) is 31.2. The highest BCUT2D eigenvalue weighted by Gasteiger charge is 2.34. The summed E-state index contributed by atoms with van der Waals surface area (Å²) in [6.45, 7) is 21.0. The predicted octanol–water partition coefficient (Wildman–Crippen LogP) is 18.1. The fourth-order valence-electron chi connectivity index (χ4n) is 10.8. The van der Waals surface area contributed by atoms with E-state index < -0.39 is 41.6 Å². The van der Waals surface area contributed by atoms with Gasteiger partial charge in [-0.1, -0.05) is 122 Å². The molecule has 488 valence electrons. The maximum atomic E-state index is 13.8. The highest BCUT2D eigenvalue weighted by Crippen LogP contribution is 2.44. The first-order chi connectivity index (χ1) is 44.5. The van der Waals surface area contributed by atoms with Gasteiger partial charge < -0.3 is 33.2 Å². The summed E-state index contributed by atoms with van der Waals surface area (Å²) in [5.41, 5.74) is 13.1. The molecule has 4 aliphatic heterocycles. The molecule has 8 aromatic carbocycles. The molecule has 8 aromatic rings. The molecule has 0 N–H and O–H groups in total. The topological polar surface area (TPSA) is 76.7 Å². The van der Waals surface area contributed by atoms with E-state index in [0.717, 1.165) is 51.5 Å². The van der Waals surface area contributed by atoms with Crippen LogP contribution in [0.5, 0.6) is 40.2 Å². The van der Waals surface area contributed by atoms with Gasteiger partial charge in [0.05, 0.1) is 21.3 Å². The Kier molecular flexibility index (Phi) is 23.3. The molecule has 4 aliphatic rings. The van der Waals surface area contributed by atoms with Gasteiger partial charge in [-0.2, -0.15) is 18.3 Å². The molecule has 0 aliphatic carbocycles. The van der Waals surface area contributed by atoms with Crippen molar-refractivity contribution in [1.82, 2.24) is 0 Å². The molecule has 19 heteroatoms. The van der Waals surface area contributed by atoms with Gasteiger partial charge in [0.25, 0.3) is 49.7 Å². The maximum Gasteiger partial charge on any atom is 0.293 e. The molecule has 0 saturated heterocycles. The summed E-state index contributed by atoms with van der Waals surface area (Å²) in [6, 6.07) is 41.0. The van der Waals surface area contributed by atoms with E-state index in [0.29, 0.717) is 66.6 Å². The minimum absolute atomic E-state index is 0.0848. The molecule has 93 heavy (non-hydrogen) atoms. The van der Waals surface area contributed by atoms with Crippen LogP contribution in [-0.2, 0) is 0 Å². The quantitative estimate of drug-likeness (QED) is 0.0553. The number of para-hydroxylation sites is 4. The van der Waals surface area contributed by atoms with Crippen LogP contribution in [0.2, 0.25) is 0 Å². The van der Waals surface area contributed by atoms with Gasteiger partial charge in [-0.05, 0) is 85.5 Å². The number of fused-ring (bicyclic) bond motifs is 4. The Labute approximate surface area is 538 Å². The number of rotatable bonds is 11. The lowest BCUT2D eigenvalue weighted by molar-refractivity contribution is -0.453. The van der Waals surface area contributed by atoms with Gasteiger partial charge in [-0.15, -0.1) is 0 Å². The highest BCUT2D eigenvalue weighted by atomic mass is 19.3. The Morgan fingerprint density at radius 2 is 0.753 bits per heavy atom. The van der Waals surface area contributed by atoms with Crippen LogP contribution in [0.15, 0.2) is 127 Å². The molecule has 0 fully saturated rings. The molecular weight excluding hydrogens is 1210 g/mol. The molecule has 0 amide bonds. The van der Waals surface area contributed by atoms with Crippen molar-refractivity contribution in [3.63, 3.8) is 0 Å². The summed E-state index contributed by atoms with van der Waals surface area (Å²) in [6.07, 6.45) is 7.07. The third kappa shape index (κ3) is 15.9. The monoisotopic (exact) mass is 1290 g/mol. The molecule has 12 rings (SSSR count). The zero-order valence-corrected chi connectivity index (χ0v) is 54.4. The van der Waals surface area contributed by atoms with E-state index in [-0.39, 0.29) is 18.5 Å². The number of halogens is 8. The Morgan fingerprint density at radius 3 is 1.11 bits per heavy atom. The minimum atomic E-state index is -2.18. The van der Waals surface area contributed by atoms with Crippen LogP contribution in [0, 0.1) is 48.8 Å². The van der Waals surface area contributed by atoms with Gasteiger partial charge in [0.2, 0.25) is 41.5 Å². The van der Waals surface area contributed by atoms with E-state index >= 15 is 0 Å². The van der Waals surface area contributed by atoms with E-state index in [1.54, 1.807) is 45.6 Å². The van der Waals surface area contributed by atoms with Crippen molar-refractivity contribution < 1.29 is 86.6 Å². The van der Waals surface area contributed by atoms with Crippen LogP contribution >= 0.6 is 0 Å². The first-order valence-corrected chi connectivity index (χ1v) is 30.3. The Bertz CT molecular complexity index is 4070. The Balaban J connectivity index is 0.000000157. The fraction of sp³-hybridized carbons (Fsp3) is 0.297. The minimum Gasteiger partial charge on any atom is -0.493 e. The molecular formula is C74H78F8N4O7+4. The van der Waals surface area contributed by atoms with Crippen molar-refractivity contribution >= 4 is 47.6 Å². The van der Waals surface area contributed by atoms with E-state index in [4.69, 9.17) is 33.2 Å². The molecule has 0 saturated carbocycles. The van der Waals surface area contributed by atoms with Gasteiger partial charge >= 0.3 is 0 Å². The third-order valence-electron chi connectivity index (χ3n) is 15.6. The number of methoxy groups -OCH3 is 3. The number of hydrogen-bond acceptors (Lipinski definition) is 7. The van der Waals surface area contributed by atoms with Crippen LogP contribution in [0.25, 0.3) is 0 Å². The Morgan fingerprint density at radius 1 is 0.409 bits per heavy atom. The molecule has 0 atom stereocenters. The summed E-state index contributed by atoms with van der Waals surface area (Å²) in [5.74, 6) is -3.31. The highest BCUT2D eigenvalue weighted by molar-refractivity contribution is 5.82. The van der Waals surface area contributed by atoms with E-state index in [9.17, 15) is 35.1 Å². The summed E-state index contributed by atoms with van der Waals surface area (Å²) in [7, 11) is 4.83. The van der Waals surface area contributed by atoms with Crippen LogP contribution in [0.4, 0.5) is 57.9 Å². The molecule has 0 unspecified atom stereocenters. The van der Waals surface area contributed by atoms with Gasteiger partial charge in [0, 0.05) is 63.2 Å². The van der Waals surface area contributed by atoms with E-state index in [2.05, 4.69) is 136 Å². The second-order valence-electron chi connectivity index (χ2n) is 23.3. The molecule has 0 bridgehead atoms. The standard InChI is InChI=1S/C20H24NO4.C19H22NO.C17H13F5NO.C17H17FNO.CH2F2/c1-13(2)15-7-6-8-16-19(15)25-12-21(16)11-14-9-17(22-3)20(24-5)18(10-14)23-4;1-13(2)17-6-5-7-18-19(17)21-12-20(18)11-16-10-14(3)8-9-15(16)4;1-8(2)9-4-3-5-11-17(9)24-7-23(11)6-10-12(18)14(20)16(22)15(21)13(10)19;1-12(2)15-4-3-5-16-17(15)20-11-19(16)10-13-6-8-14(18)9-7-13;2-1-3/h6-11,13H,12H2,1-5H3;5-11,13H,12H2,1-4H3;3-6,8H,7H2,1-2H3;3-10,12H,11H2,1-2H3;1H2/q4*+1;/b21-11-;20-11-;23-6-;19-10-;. The average Bonchev–Trinajstić information content (AvgIpc) is 1.76. The lowest BCUT2D eigenvalue weighted by atomic mass is 10.0. The smallest absolute Gasteiger partial charge is 0.293 e. The van der Waals surface area contributed by atoms with Crippen molar-refractivity contribution in [2.24, 2.45) is 0 Å². The van der Waals surface area contributed by atoms with E-state index in [1.165, 1.54) is 55.8 Å². The molecule has 0 aromatic heterocycles. The first kappa shape index (κ1) is 69.4. The zero-order valence-electron chi connectivity index (χ0n) is 54.4. The van der Waals surface area contributed by atoms with Crippen molar-refractivity contribution in [2.75, 3.05) is 55.2 Å². The summed E-state index contributed by atoms with van der Waals surface area (Å²) in [5, 5.41) is 0. The fourth-order valence-corrected chi connectivity index (χ4v) is 10.8. The lowest BCUT2D eigenvalue weighted by Gasteiger charge is -2.12. The Hall–Kier alpha value is -9.52. The van der Waals surface area contributed by atoms with Crippen molar-refractivity contribution in [3.8, 4) is 40.2 Å². The summed E-state index contributed by atoms with van der Waals surface area (Å²) >= 11 is 0. The van der Waals surface area contributed by atoms with E-state index in [1.807, 2.05) is 56.6 Å². The molecule has 0 spiro atoms. The number of alkyl halides is 2. The average molecular weight is 1290 g/mol. The summed E-state index contributed by atoms with van der Waals surface area (Å²) in [4.78, 5) is 0. The SMILES string of the molecule is CC(C)c1cccc2c1OC/[N+]2=C/c1c(F)c(F)c(F)c(F)c1F.CC(C)c1cccc2c1OC/[N+]2=C/c1ccc(F)cc1.COc1cc(/C=[N+]2/COc3c(C(C)C)cccc32)cc(OC)c1OC.Cc1ccc(C)c(/C=[N+]2/COc3c(C(C)C)cccc32)c1.FCF.